The van der Waals surface area contributed by atoms with Crippen LogP contribution in [0, 0.1) is 11.6 Å². The normalized spacial score (nSPS) is 15.9. The van der Waals surface area contributed by atoms with Crippen molar-refractivity contribution in [2.24, 2.45) is 0 Å². The van der Waals surface area contributed by atoms with Crippen molar-refractivity contribution >= 4 is 17.5 Å². The van der Waals surface area contributed by atoms with E-state index in [-0.39, 0.29) is 11.6 Å². The van der Waals surface area contributed by atoms with Crippen LogP contribution in [0.5, 0.6) is 0 Å². The summed E-state index contributed by atoms with van der Waals surface area (Å²) in [6.45, 7) is 2.76. The molecule has 3 N–H and O–H groups in total. The third-order valence-electron chi connectivity index (χ3n) is 3.48. The number of hydrogen-bond donors (Lipinski definition) is 2. The molecular weight excluding hydrogens is 280 g/mol. The molecule has 5 nitrogen and oxygen atoms in total. The molecule has 7 heteroatoms. The molecule has 0 bridgehead atoms. The third-order valence-corrected chi connectivity index (χ3v) is 3.48. The van der Waals surface area contributed by atoms with Gasteiger partial charge < -0.3 is 16.0 Å². The number of hydrogen-bond acceptors (Lipinski definition) is 3. The molecule has 0 aromatic heterocycles. The predicted molar refractivity (Wildman–Crippen MR) is 73.5 cm³/mol. The molecule has 2 rings (SSSR count). The van der Waals surface area contributed by atoms with Crippen molar-refractivity contribution in [1.29, 1.82) is 0 Å². The Kier molecular flexibility index (Phi) is 4.40. The lowest BCUT2D eigenvalue weighted by Crippen LogP contribution is -2.46. The summed E-state index contributed by atoms with van der Waals surface area (Å²) in [4.78, 5) is 25.6. The number of likely N-dealkylation sites (tertiary alicyclic amines) is 1. The first-order chi connectivity index (χ1) is 9.91. The van der Waals surface area contributed by atoms with Crippen molar-refractivity contribution in [3.63, 3.8) is 0 Å². The van der Waals surface area contributed by atoms with Gasteiger partial charge in [0.25, 0.3) is 5.91 Å². The molecule has 1 saturated heterocycles. The topological polar surface area (TPSA) is 75.4 Å². The molecular formula is C14H17F2N3O2. The number of halogens is 2. The Bertz CT molecular complexity index is 572. The highest BCUT2D eigenvalue weighted by Crippen LogP contribution is 2.18. The summed E-state index contributed by atoms with van der Waals surface area (Å²) in [5.41, 5.74) is 4.23. The fraction of sp³-hybridized carbons (Fsp3) is 0.429. The molecule has 1 aliphatic rings. The van der Waals surface area contributed by atoms with E-state index in [4.69, 9.17) is 5.73 Å². The van der Waals surface area contributed by atoms with Crippen LogP contribution in [0.3, 0.4) is 0 Å². The number of nitrogens with one attached hydrogen (secondary N) is 1. The molecule has 0 radical (unpaired) electrons. The fourth-order valence-electron chi connectivity index (χ4n) is 2.32. The number of nitrogens with two attached hydrogens (primary N) is 1. The number of nitrogen functional groups attached to an aromatic ring is 1. The van der Waals surface area contributed by atoms with Gasteiger partial charge in [-0.25, -0.2) is 8.78 Å². The van der Waals surface area contributed by atoms with Crippen LogP contribution in [0.25, 0.3) is 0 Å². The number of amides is 2. The number of carbonyl (C=O) groups is 2. The van der Waals surface area contributed by atoms with Crippen molar-refractivity contribution in [3.8, 4) is 0 Å². The summed E-state index contributed by atoms with van der Waals surface area (Å²) in [6.07, 6.45) is 1.84. The molecule has 21 heavy (non-hydrogen) atoms. The zero-order valence-electron chi connectivity index (χ0n) is 11.7. The van der Waals surface area contributed by atoms with Gasteiger partial charge in [-0.15, -0.1) is 0 Å². The largest absolute Gasteiger partial charge is 0.396 e. The van der Waals surface area contributed by atoms with E-state index < -0.39 is 29.1 Å². The maximum absolute atomic E-state index is 13.7. The van der Waals surface area contributed by atoms with Gasteiger partial charge in [0.15, 0.2) is 5.82 Å². The van der Waals surface area contributed by atoms with Crippen molar-refractivity contribution in [2.75, 3.05) is 18.8 Å². The highest BCUT2D eigenvalue weighted by molar-refractivity contribution is 5.98. The first-order valence-corrected chi connectivity index (χ1v) is 6.75. The standard InChI is InChI=1S/C14H17F2N3O2/c1-8(14(21)19-6-2-3-7-19)18-13(20)11-9(15)4-5-10(17)12(11)16/h4-5,8H,2-3,6-7,17H2,1H3,(H,18,20). The Balaban J connectivity index is 2.11. The lowest BCUT2D eigenvalue weighted by atomic mass is 10.1. The second-order valence-electron chi connectivity index (χ2n) is 5.05. The van der Waals surface area contributed by atoms with Crippen LogP contribution in [0.2, 0.25) is 0 Å². The molecule has 1 aliphatic heterocycles. The highest BCUT2D eigenvalue weighted by Gasteiger charge is 2.27. The molecule has 1 aromatic rings. The van der Waals surface area contributed by atoms with E-state index in [0.717, 1.165) is 25.0 Å². The second kappa shape index (κ2) is 6.07. The Morgan fingerprint density at radius 1 is 1.29 bits per heavy atom. The molecule has 1 unspecified atom stereocenters. The van der Waals surface area contributed by atoms with E-state index in [1.807, 2.05) is 0 Å². The lowest BCUT2D eigenvalue weighted by Gasteiger charge is -2.21. The molecule has 114 valence electrons. The van der Waals surface area contributed by atoms with Crippen molar-refractivity contribution in [3.05, 3.63) is 29.3 Å². The van der Waals surface area contributed by atoms with E-state index >= 15 is 0 Å². The van der Waals surface area contributed by atoms with Crippen LogP contribution >= 0.6 is 0 Å². The summed E-state index contributed by atoms with van der Waals surface area (Å²) in [7, 11) is 0. The second-order valence-corrected chi connectivity index (χ2v) is 5.05. The van der Waals surface area contributed by atoms with Crippen LogP contribution in [0.15, 0.2) is 12.1 Å². The van der Waals surface area contributed by atoms with Crippen LogP contribution < -0.4 is 11.1 Å². The number of anilines is 1. The number of carbonyl (C=O) groups excluding carboxylic acids is 2. The Morgan fingerprint density at radius 2 is 1.90 bits per heavy atom. The molecule has 1 fully saturated rings. The average molecular weight is 297 g/mol. The van der Waals surface area contributed by atoms with Gasteiger partial charge in [-0.3, -0.25) is 9.59 Å². The van der Waals surface area contributed by atoms with Gasteiger partial charge in [-0.2, -0.15) is 0 Å². The van der Waals surface area contributed by atoms with Gasteiger partial charge in [0, 0.05) is 13.1 Å². The molecule has 0 saturated carbocycles. The van der Waals surface area contributed by atoms with Crippen LogP contribution in [0.4, 0.5) is 14.5 Å². The van der Waals surface area contributed by atoms with E-state index in [9.17, 15) is 18.4 Å². The van der Waals surface area contributed by atoms with Gasteiger partial charge in [-0.1, -0.05) is 0 Å². The fourth-order valence-corrected chi connectivity index (χ4v) is 2.32. The first kappa shape index (κ1) is 15.2. The van der Waals surface area contributed by atoms with Crippen LogP contribution in [-0.2, 0) is 4.79 Å². The van der Waals surface area contributed by atoms with Gasteiger partial charge in [0.05, 0.1) is 5.69 Å². The Hall–Kier alpha value is -2.18. The minimum absolute atomic E-state index is 0.259. The third kappa shape index (κ3) is 3.12. The summed E-state index contributed by atoms with van der Waals surface area (Å²) < 4.78 is 27.3. The van der Waals surface area contributed by atoms with E-state index in [2.05, 4.69) is 5.32 Å². The minimum atomic E-state index is -1.12. The Morgan fingerprint density at radius 3 is 2.52 bits per heavy atom. The molecule has 1 atom stereocenters. The molecule has 1 aromatic carbocycles. The van der Waals surface area contributed by atoms with Crippen molar-refractivity contribution in [2.45, 2.75) is 25.8 Å². The van der Waals surface area contributed by atoms with Gasteiger partial charge >= 0.3 is 0 Å². The highest BCUT2D eigenvalue weighted by atomic mass is 19.1. The maximum Gasteiger partial charge on any atom is 0.257 e. The number of nitrogens with zero attached hydrogens (tertiary/aromatic N) is 1. The molecule has 0 spiro atoms. The zero-order chi connectivity index (χ0) is 15.6. The molecule has 1 heterocycles. The average Bonchev–Trinajstić information content (AvgIpc) is 2.96. The summed E-state index contributed by atoms with van der Waals surface area (Å²) in [5, 5.41) is 2.32. The molecule has 2 amide bonds. The molecule has 0 aliphatic carbocycles. The summed E-state index contributed by atoms with van der Waals surface area (Å²) in [5.74, 6) is -3.38. The summed E-state index contributed by atoms with van der Waals surface area (Å²) >= 11 is 0. The van der Waals surface area contributed by atoms with E-state index in [0.29, 0.717) is 13.1 Å². The monoisotopic (exact) mass is 297 g/mol. The Labute approximate surface area is 121 Å². The van der Waals surface area contributed by atoms with Crippen LogP contribution in [0.1, 0.15) is 30.1 Å². The quantitative estimate of drug-likeness (QED) is 0.825. The first-order valence-electron chi connectivity index (χ1n) is 6.75. The summed E-state index contributed by atoms with van der Waals surface area (Å²) in [6, 6.07) is 1.11. The van der Waals surface area contributed by atoms with E-state index in [1.165, 1.54) is 6.92 Å². The van der Waals surface area contributed by atoms with Crippen LogP contribution in [-0.4, -0.2) is 35.8 Å². The number of rotatable bonds is 3. The van der Waals surface area contributed by atoms with Gasteiger partial charge in [0.2, 0.25) is 5.91 Å². The predicted octanol–water partition coefficient (Wildman–Crippen LogP) is 1.29. The van der Waals surface area contributed by atoms with Gasteiger partial charge in [0.1, 0.15) is 17.4 Å². The van der Waals surface area contributed by atoms with Gasteiger partial charge in [-0.05, 0) is 31.9 Å². The van der Waals surface area contributed by atoms with E-state index in [1.54, 1.807) is 4.90 Å². The van der Waals surface area contributed by atoms with Crippen molar-refractivity contribution in [1.82, 2.24) is 10.2 Å². The zero-order valence-corrected chi connectivity index (χ0v) is 11.7. The number of benzene rings is 1. The smallest absolute Gasteiger partial charge is 0.257 e. The SMILES string of the molecule is CC(NC(=O)c1c(F)ccc(N)c1F)C(=O)N1CCCC1. The lowest BCUT2D eigenvalue weighted by molar-refractivity contribution is -0.131. The minimum Gasteiger partial charge on any atom is -0.396 e. The van der Waals surface area contributed by atoms with Crippen molar-refractivity contribution < 1.29 is 18.4 Å². The maximum atomic E-state index is 13.7.